The molecule has 4 rings (SSSR count). The molecule has 3 heterocycles. The first-order chi connectivity index (χ1) is 16.9. The average Bonchev–Trinajstić information content (AvgIpc) is 2.89. The van der Waals surface area contributed by atoms with Crippen LogP contribution in [0.15, 0.2) is 35.1 Å². The molecular weight excluding hydrogens is 512 g/mol. The lowest BCUT2D eigenvalue weighted by atomic mass is 10.0. The molecule has 35 heavy (non-hydrogen) atoms. The van der Waals surface area contributed by atoms with E-state index < -0.39 is 0 Å². The lowest BCUT2D eigenvalue weighted by molar-refractivity contribution is 0.0707. The maximum absolute atomic E-state index is 13.5. The Morgan fingerprint density at radius 3 is 2.57 bits per heavy atom. The molecule has 2 fully saturated rings. The van der Waals surface area contributed by atoms with Crippen LogP contribution in [0, 0.1) is 11.3 Å². The van der Waals surface area contributed by atoms with E-state index in [9.17, 15) is 14.8 Å². The van der Waals surface area contributed by atoms with Crippen molar-refractivity contribution in [2.45, 2.75) is 38.1 Å². The fourth-order valence-corrected chi connectivity index (χ4v) is 5.17. The summed E-state index contributed by atoms with van der Waals surface area (Å²) in [4.78, 5) is 34.2. The molecule has 10 heteroatoms. The number of nitrogens with zero attached hydrogens (tertiary/aromatic N) is 5. The van der Waals surface area contributed by atoms with E-state index in [2.05, 4.69) is 26.2 Å². The topological polar surface area (TPSA) is 113 Å². The second-order valence-electron chi connectivity index (χ2n) is 9.03. The molecule has 2 amide bonds. The highest BCUT2D eigenvalue weighted by atomic mass is 79.9. The number of amides is 2. The van der Waals surface area contributed by atoms with Crippen molar-refractivity contribution in [3.05, 3.63) is 51.8 Å². The third-order valence-corrected chi connectivity index (χ3v) is 6.93. The van der Waals surface area contributed by atoms with Gasteiger partial charge in [0.2, 0.25) is 0 Å². The third-order valence-electron chi connectivity index (χ3n) is 6.48. The fourth-order valence-electron chi connectivity index (χ4n) is 4.72. The quantitative estimate of drug-likeness (QED) is 0.553. The fraction of sp³-hybridized carbons (Fsp3) is 0.440. The summed E-state index contributed by atoms with van der Waals surface area (Å²) in [6.07, 6.45) is 7.58. The zero-order chi connectivity index (χ0) is 24.9. The van der Waals surface area contributed by atoms with Crippen molar-refractivity contribution in [3.8, 4) is 6.07 Å². The Balaban J connectivity index is 1.59. The Morgan fingerprint density at radius 1 is 1.11 bits per heavy atom. The SMILES string of the molecule is CN(O)c1cc(Br)cc(C(=O)N2CCCCC2)c1N[C@@H]1CCCN(C(=O)c2cncc(C#N)c2)C1. The first-order valence-corrected chi connectivity index (χ1v) is 12.6. The van der Waals surface area contributed by atoms with E-state index in [0.717, 1.165) is 50.3 Å². The highest BCUT2D eigenvalue weighted by Gasteiger charge is 2.29. The van der Waals surface area contributed by atoms with Crippen molar-refractivity contribution in [1.82, 2.24) is 14.8 Å². The lowest BCUT2D eigenvalue weighted by Crippen LogP contribution is -2.45. The monoisotopic (exact) mass is 540 g/mol. The zero-order valence-corrected chi connectivity index (χ0v) is 21.3. The molecule has 2 aliphatic rings. The van der Waals surface area contributed by atoms with E-state index in [1.54, 1.807) is 23.1 Å². The van der Waals surface area contributed by atoms with Gasteiger partial charge in [-0.05, 0) is 50.3 Å². The summed E-state index contributed by atoms with van der Waals surface area (Å²) in [5.74, 6) is -0.249. The number of rotatable bonds is 5. The van der Waals surface area contributed by atoms with Gasteiger partial charge < -0.3 is 15.1 Å². The normalized spacial score (nSPS) is 18.1. The summed E-state index contributed by atoms with van der Waals surface area (Å²) < 4.78 is 0.699. The molecule has 1 aromatic carbocycles. The van der Waals surface area contributed by atoms with E-state index in [4.69, 9.17) is 5.26 Å². The number of carbonyl (C=O) groups excluding carboxylic acids is 2. The van der Waals surface area contributed by atoms with Crippen LogP contribution in [-0.2, 0) is 0 Å². The van der Waals surface area contributed by atoms with Crippen molar-refractivity contribution >= 4 is 39.1 Å². The number of piperidine rings is 2. The smallest absolute Gasteiger partial charge is 0.256 e. The molecule has 0 radical (unpaired) electrons. The van der Waals surface area contributed by atoms with Crippen molar-refractivity contribution < 1.29 is 14.8 Å². The van der Waals surface area contributed by atoms with Gasteiger partial charge in [-0.2, -0.15) is 5.26 Å². The Bertz CT molecular complexity index is 1140. The molecule has 0 spiro atoms. The highest BCUT2D eigenvalue weighted by Crippen LogP contribution is 2.35. The summed E-state index contributed by atoms with van der Waals surface area (Å²) >= 11 is 3.48. The van der Waals surface area contributed by atoms with Gasteiger partial charge in [-0.25, -0.2) is 0 Å². The molecule has 0 aliphatic carbocycles. The van der Waals surface area contributed by atoms with Crippen molar-refractivity contribution in [3.63, 3.8) is 0 Å². The minimum Gasteiger partial charge on any atom is -0.378 e. The Kier molecular flexibility index (Phi) is 7.88. The van der Waals surface area contributed by atoms with Crippen LogP contribution in [0.1, 0.15) is 58.4 Å². The van der Waals surface area contributed by atoms with Gasteiger partial charge in [-0.15, -0.1) is 0 Å². The van der Waals surface area contributed by atoms with Crippen LogP contribution in [0.3, 0.4) is 0 Å². The van der Waals surface area contributed by atoms with Gasteiger partial charge in [0, 0.05) is 56.1 Å². The number of hydrogen-bond acceptors (Lipinski definition) is 7. The first-order valence-electron chi connectivity index (χ1n) is 11.8. The molecular formula is C25H29BrN6O3. The van der Waals surface area contributed by atoms with E-state index >= 15 is 0 Å². The highest BCUT2D eigenvalue weighted by molar-refractivity contribution is 9.10. The predicted octanol–water partition coefficient (Wildman–Crippen LogP) is 3.88. The van der Waals surface area contributed by atoms with Gasteiger partial charge >= 0.3 is 0 Å². The van der Waals surface area contributed by atoms with Crippen LogP contribution in [0.5, 0.6) is 0 Å². The number of halogens is 1. The van der Waals surface area contributed by atoms with Gasteiger partial charge in [-0.1, -0.05) is 15.9 Å². The van der Waals surface area contributed by atoms with E-state index in [1.165, 1.54) is 19.4 Å². The number of benzene rings is 1. The summed E-state index contributed by atoms with van der Waals surface area (Å²) in [5, 5.41) is 24.0. The number of likely N-dealkylation sites (tertiary alicyclic amines) is 2. The standard InChI is InChI=1S/C25H29BrN6O3/c1-30(35)22-12-19(26)11-21(25(34)31-7-3-2-4-8-31)23(22)29-20-6-5-9-32(16-20)24(33)18-10-17(13-27)14-28-15-18/h10-12,14-15,20,29,35H,2-9,16H2,1H3/t20-/m1/s1. The Morgan fingerprint density at radius 2 is 1.86 bits per heavy atom. The molecule has 0 bridgehead atoms. The molecule has 1 aromatic heterocycles. The van der Waals surface area contributed by atoms with Gasteiger partial charge in [0.1, 0.15) is 6.07 Å². The molecule has 0 saturated carbocycles. The zero-order valence-electron chi connectivity index (χ0n) is 19.7. The van der Waals surface area contributed by atoms with Crippen LogP contribution in [0.25, 0.3) is 0 Å². The Hall–Kier alpha value is -3.16. The predicted molar refractivity (Wildman–Crippen MR) is 136 cm³/mol. The molecule has 2 N–H and O–H groups in total. The summed E-state index contributed by atoms with van der Waals surface area (Å²) in [6, 6.07) is 7.00. The number of pyridine rings is 1. The van der Waals surface area contributed by atoms with Crippen LogP contribution < -0.4 is 10.4 Å². The van der Waals surface area contributed by atoms with E-state index in [0.29, 0.717) is 45.6 Å². The van der Waals surface area contributed by atoms with Crippen LogP contribution >= 0.6 is 15.9 Å². The lowest BCUT2D eigenvalue weighted by Gasteiger charge is -2.35. The first kappa shape index (κ1) is 24.9. The molecule has 0 unspecified atom stereocenters. The second kappa shape index (κ2) is 11.1. The molecule has 1 atom stereocenters. The van der Waals surface area contributed by atoms with E-state index in [-0.39, 0.29) is 17.9 Å². The van der Waals surface area contributed by atoms with Crippen molar-refractivity contribution in [2.24, 2.45) is 0 Å². The number of nitrogens with one attached hydrogen (secondary N) is 1. The van der Waals surface area contributed by atoms with Crippen LogP contribution in [0.4, 0.5) is 11.4 Å². The largest absolute Gasteiger partial charge is 0.378 e. The minimum atomic E-state index is -0.180. The van der Waals surface area contributed by atoms with Gasteiger partial charge in [0.05, 0.1) is 28.1 Å². The summed E-state index contributed by atoms with van der Waals surface area (Å²) in [7, 11) is 1.52. The van der Waals surface area contributed by atoms with Gasteiger partial charge in [0.25, 0.3) is 11.8 Å². The summed E-state index contributed by atoms with van der Waals surface area (Å²) in [5.41, 5.74) is 2.25. The van der Waals surface area contributed by atoms with Gasteiger partial charge in [0.15, 0.2) is 0 Å². The molecule has 184 valence electrons. The van der Waals surface area contributed by atoms with Crippen LogP contribution in [0.2, 0.25) is 0 Å². The second-order valence-corrected chi connectivity index (χ2v) is 9.95. The maximum Gasteiger partial charge on any atom is 0.256 e. The molecule has 9 nitrogen and oxygen atoms in total. The van der Waals surface area contributed by atoms with E-state index in [1.807, 2.05) is 11.0 Å². The van der Waals surface area contributed by atoms with Crippen LogP contribution in [-0.4, -0.2) is 71.1 Å². The number of anilines is 2. The van der Waals surface area contributed by atoms with Gasteiger partial charge in [-0.3, -0.25) is 24.8 Å². The minimum absolute atomic E-state index is 0.0697. The number of nitriles is 1. The maximum atomic E-state index is 13.5. The number of carbonyl (C=O) groups is 2. The molecule has 2 saturated heterocycles. The third kappa shape index (κ3) is 5.74. The summed E-state index contributed by atoms with van der Waals surface area (Å²) in [6.45, 7) is 2.46. The molecule has 2 aliphatic heterocycles. The molecule has 2 aromatic rings. The van der Waals surface area contributed by atoms with Crippen molar-refractivity contribution in [2.75, 3.05) is 43.6 Å². The number of hydrogen-bond donors (Lipinski definition) is 2. The van der Waals surface area contributed by atoms with Crippen molar-refractivity contribution in [1.29, 1.82) is 5.26 Å². The average molecular weight is 541 g/mol. The number of aromatic nitrogens is 1. The number of hydroxylamine groups is 1. The Labute approximate surface area is 213 Å².